The average molecular weight is 512 g/mol. The molecule has 3 N–H and O–H groups in total. The molecule has 36 heavy (non-hydrogen) atoms. The summed E-state index contributed by atoms with van der Waals surface area (Å²) >= 11 is 6.12. The molecule has 2 heterocycles. The Hall–Kier alpha value is -3.59. The van der Waals surface area contributed by atoms with Gasteiger partial charge in [0.2, 0.25) is 5.91 Å². The molecule has 0 saturated heterocycles. The Morgan fingerprint density at radius 2 is 2.00 bits per heavy atom. The summed E-state index contributed by atoms with van der Waals surface area (Å²) in [5.74, 6) is -0.338. The largest absolute Gasteiger partial charge is 0.491 e. The molecule has 2 aromatic carbocycles. The smallest absolute Gasteiger partial charge is 0.255 e. The second-order valence-electron chi connectivity index (χ2n) is 9.19. The number of nitrogens with one attached hydrogen (secondary N) is 3. The molecule has 4 rings (SSSR count). The van der Waals surface area contributed by atoms with E-state index in [1.165, 1.54) is 0 Å². The zero-order valence-electron chi connectivity index (χ0n) is 20.3. The highest BCUT2D eigenvalue weighted by Crippen LogP contribution is 2.24. The van der Waals surface area contributed by atoms with Crippen LogP contribution in [-0.4, -0.2) is 64.9 Å². The Balaban J connectivity index is 1.55. The molecule has 0 aliphatic carbocycles. The summed E-state index contributed by atoms with van der Waals surface area (Å²) in [6.07, 6.45) is 2.81. The lowest BCUT2D eigenvalue weighted by atomic mass is 10.1. The van der Waals surface area contributed by atoms with Crippen molar-refractivity contribution in [2.45, 2.75) is 32.7 Å². The van der Waals surface area contributed by atoms with E-state index in [-0.39, 0.29) is 42.8 Å². The predicted molar refractivity (Wildman–Crippen MR) is 137 cm³/mol. The molecule has 1 aliphatic heterocycles. The number of H-pyrrole nitrogens is 1. The Kier molecular flexibility index (Phi) is 8.10. The van der Waals surface area contributed by atoms with E-state index in [9.17, 15) is 14.4 Å². The number of imidazole rings is 1. The van der Waals surface area contributed by atoms with Crippen LogP contribution in [0.2, 0.25) is 5.02 Å². The number of hydrogen-bond donors (Lipinski definition) is 3. The summed E-state index contributed by atoms with van der Waals surface area (Å²) < 4.78 is 5.96. The first-order valence-electron chi connectivity index (χ1n) is 12.0. The van der Waals surface area contributed by atoms with Crippen LogP contribution in [0.4, 0.5) is 0 Å². The first kappa shape index (κ1) is 25.5. The van der Waals surface area contributed by atoms with Gasteiger partial charge in [0.05, 0.1) is 35.5 Å². The monoisotopic (exact) mass is 511 g/mol. The van der Waals surface area contributed by atoms with E-state index >= 15 is 0 Å². The number of amides is 3. The van der Waals surface area contributed by atoms with Crippen molar-refractivity contribution in [3.63, 3.8) is 0 Å². The van der Waals surface area contributed by atoms with Crippen LogP contribution in [0, 0.1) is 5.92 Å². The lowest BCUT2D eigenvalue weighted by Gasteiger charge is -2.26. The third kappa shape index (κ3) is 6.15. The van der Waals surface area contributed by atoms with Gasteiger partial charge in [0.15, 0.2) is 0 Å². The minimum atomic E-state index is -0.326. The number of carbonyl (C=O) groups excluding carboxylic acids is 3. The second-order valence-corrected chi connectivity index (χ2v) is 9.63. The molecule has 9 nitrogen and oxygen atoms in total. The minimum absolute atomic E-state index is 0.0566. The van der Waals surface area contributed by atoms with E-state index in [1.807, 2.05) is 13.8 Å². The van der Waals surface area contributed by atoms with Crippen LogP contribution in [0.15, 0.2) is 42.7 Å². The molecule has 0 unspecified atom stereocenters. The van der Waals surface area contributed by atoms with Crippen molar-refractivity contribution in [3.8, 4) is 5.75 Å². The van der Waals surface area contributed by atoms with E-state index in [0.717, 1.165) is 11.0 Å². The maximum Gasteiger partial charge on any atom is 0.255 e. The quantitative estimate of drug-likeness (QED) is 0.487. The van der Waals surface area contributed by atoms with Gasteiger partial charge in [-0.15, -0.1) is 0 Å². The first-order valence-corrected chi connectivity index (χ1v) is 12.4. The van der Waals surface area contributed by atoms with Crippen LogP contribution >= 0.6 is 11.6 Å². The fourth-order valence-electron chi connectivity index (χ4n) is 4.04. The lowest BCUT2D eigenvalue weighted by Crippen LogP contribution is -2.48. The molecule has 3 aromatic rings. The number of aromatic amines is 1. The molecule has 0 spiro atoms. The van der Waals surface area contributed by atoms with Crippen LogP contribution in [-0.2, 0) is 4.79 Å². The fourth-order valence-corrected chi connectivity index (χ4v) is 4.21. The standard InChI is InChI=1S/C26H30ClN5O4/c1-16(2)22-14-36-23-8-6-18(27)12-19(23)25(34)28-9-3-4-10-32(13-24(33)31-22)26(35)17-5-7-20-21(11-17)30-15-29-20/h5-8,11-12,15-16,22H,3-4,9-10,13-14H2,1-2H3,(H,28,34)(H,29,30)(H,31,33)/t22-/m1/s1. The normalized spacial score (nSPS) is 18.0. The van der Waals surface area contributed by atoms with Crippen LogP contribution in [0.3, 0.4) is 0 Å². The topological polar surface area (TPSA) is 116 Å². The highest BCUT2D eigenvalue weighted by Gasteiger charge is 2.24. The molecular weight excluding hydrogens is 482 g/mol. The molecule has 1 atom stereocenters. The van der Waals surface area contributed by atoms with Gasteiger partial charge in [-0.25, -0.2) is 4.98 Å². The number of carbonyl (C=O) groups is 3. The highest BCUT2D eigenvalue weighted by atomic mass is 35.5. The molecule has 1 aliphatic rings. The molecule has 10 heteroatoms. The van der Waals surface area contributed by atoms with Gasteiger partial charge < -0.3 is 25.3 Å². The van der Waals surface area contributed by atoms with Crippen LogP contribution in [0.1, 0.15) is 47.4 Å². The number of benzene rings is 2. The average Bonchev–Trinajstić information content (AvgIpc) is 3.32. The summed E-state index contributed by atoms with van der Waals surface area (Å²) in [6, 6.07) is 9.80. The molecule has 0 bridgehead atoms. The summed E-state index contributed by atoms with van der Waals surface area (Å²) in [5, 5.41) is 6.33. The van der Waals surface area contributed by atoms with Gasteiger partial charge in [0, 0.05) is 23.7 Å². The van der Waals surface area contributed by atoms with Crippen LogP contribution < -0.4 is 15.4 Å². The maximum atomic E-state index is 13.4. The van der Waals surface area contributed by atoms with E-state index in [1.54, 1.807) is 47.6 Å². The molecule has 0 saturated carbocycles. The summed E-state index contributed by atoms with van der Waals surface area (Å²) in [4.78, 5) is 48.0. The number of fused-ring (bicyclic) bond motifs is 2. The fraction of sp³-hybridized carbons (Fsp3) is 0.385. The zero-order valence-corrected chi connectivity index (χ0v) is 21.1. The van der Waals surface area contributed by atoms with Crippen molar-refractivity contribution in [2.24, 2.45) is 5.92 Å². The molecule has 3 amide bonds. The summed E-state index contributed by atoms with van der Waals surface area (Å²) in [7, 11) is 0. The predicted octanol–water partition coefficient (Wildman–Crippen LogP) is 3.40. The molecule has 190 valence electrons. The summed E-state index contributed by atoms with van der Waals surface area (Å²) in [5.41, 5.74) is 2.33. The van der Waals surface area contributed by atoms with Gasteiger partial charge in [-0.2, -0.15) is 0 Å². The van der Waals surface area contributed by atoms with E-state index in [2.05, 4.69) is 20.6 Å². The van der Waals surface area contributed by atoms with E-state index in [0.29, 0.717) is 47.8 Å². The maximum absolute atomic E-state index is 13.4. The molecule has 0 radical (unpaired) electrons. The van der Waals surface area contributed by atoms with Crippen molar-refractivity contribution in [1.82, 2.24) is 25.5 Å². The van der Waals surface area contributed by atoms with Crippen LogP contribution in [0.5, 0.6) is 5.75 Å². The number of hydrogen-bond acceptors (Lipinski definition) is 5. The highest BCUT2D eigenvalue weighted by molar-refractivity contribution is 6.31. The van der Waals surface area contributed by atoms with Crippen molar-refractivity contribution < 1.29 is 19.1 Å². The van der Waals surface area contributed by atoms with Crippen molar-refractivity contribution in [3.05, 3.63) is 58.9 Å². The second kappa shape index (κ2) is 11.4. The van der Waals surface area contributed by atoms with E-state index < -0.39 is 0 Å². The Morgan fingerprint density at radius 1 is 1.17 bits per heavy atom. The Bertz CT molecular complexity index is 1260. The van der Waals surface area contributed by atoms with Gasteiger partial charge in [-0.1, -0.05) is 25.4 Å². The van der Waals surface area contributed by atoms with Gasteiger partial charge in [-0.3, -0.25) is 14.4 Å². The zero-order chi connectivity index (χ0) is 25.7. The minimum Gasteiger partial charge on any atom is -0.491 e. The third-order valence-corrected chi connectivity index (χ3v) is 6.42. The molecule has 0 fully saturated rings. The lowest BCUT2D eigenvalue weighted by molar-refractivity contribution is -0.123. The SMILES string of the molecule is CC(C)[C@H]1COc2ccc(Cl)cc2C(=O)NCCCCN(C(=O)c2ccc3nc[nH]c3c2)CC(=O)N1. The number of aromatic nitrogens is 2. The third-order valence-electron chi connectivity index (χ3n) is 6.18. The number of halogens is 1. The van der Waals surface area contributed by atoms with Gasteiger partial charge >= 0.3 is 0 Å². The Labute approximate surface area is 214 Å². The first-order chi connectivity index (χ1) is 17.3. The van der Waals surface area contributed by atoms with Crippen LogP contribution in [0.25, 0.3) is 11.0 Å². The van der Waals surface area contributed by atoms with Gasteiger partial charge in [0.25, 0.3) is 11.8 Å². The summed E-state index contributed by atoms with van der Waals surface area (Å²) in [6.45, 7) is 4.81. The van der Waals surface area contributed by atoms with Crippen molar-refractivity contribution in [1.29, 1.82) is 0 Å². The molecule has 1 aromatic heterocycles. The van der Waals surface area contributed by atoms with Crippen molar-refractivity contribution >= 4 is 40.4 Å². The Morgan fingerprint density at radius 3 is 2.81 bits per heavy atom. The van der Waals surface area contributed by atoms with E-state index in [4.69, 9.17) is 16.3 Å². The van der Waals surface area contributed by atoms with Gasteiger partial charge in [0.1, 0.15) is 12.4 Å². The number of ether oxygens (including phenoxy) is 1. The number of rotatable bonds is 2. The van der Waals surface area contributed by atoms with Crippen molar-refractivity contribution in [2.75, 3.05) is 26.2 Å². The molecular formula is C26H30ClN5O4. The number of nitrogens with zero attached hydrogens (tertiary/aromatic N) is 2. The van der Waals surface area contributed by atoms with Gasteiger partial charge in [-0.05, 0) is 55.2 Å².